The van der Waals surface area contributed by atoms with Gasteiger partial charge in [0.2, 0.25) is 0 Å². The Labute approximate surface area is 124 Å². The lowest BCUT2D eigenvalue weighted by atomic mass is 10.0. The van der Waals surface area contributed by atoms with Crippen LogP contribution >= 0.6 is 0 Å². The molecule has 0 atom stereocenters. The molecule has 0 amide bonds. The zero-order valence-electron chi connectivity index (χ0n) is 11.7. The molecule has 0 unspecified atom stereocenters. The van der Waals surface area contributed by atoms with Crippen LogP contribution in [0.1, 0.15) is 24.5 Å². The molecule has 0 heterocycles. The molecule has 0 saturated carbocycles. The van der Waals surface area contributed by atoms with Crippen LogP contribution in [0, 0.1) is 11.3 Å². The summed E-state index contributed by atoms with van der Waals surface area (Å²) in [5.74, 6) is 0.209. The molecule has 104 valence electrons. The average molecular weight is 277 g/mol. The maximum Gasteiger partial charge on any atom is 0.310 e. The van der Waals surface area contributed by atoms with Crippen molar-refractivity contribution in [2.24, 2.45) is 0 Å². The van der Waals surface area contributed by atoms with Gasteiger partial charge in [0.25, 0.3) is 0 Å². The van der Waals surface area contributed by atoms with Gasteiger partial charge in [-0.1, -0.05) is 49.4 Å². The lowest BCUT2D eigenvalue weighted by Crippen LogP contribution is -2.05. The second kappa shape index (κ2) is 7.06. The number of carbonyl (C=O) groups is 1. The van der Waals surface area contributed by atoms with Crippen molar-refractivity contribution in [3.63, 3.8) is 0 Å². The number of ether oxygens (including phenoxy) is 1. The molecule has 0 spiro atoms. The van der Waals surface area contributed by atoms with Crippen molar-refractivity contribution in [3.8, 4) is 11.8 Å². The van der Waals surface area contributed by atoms with Gasteiger partial charge in [-0.2, -0.15) is 5.26 Å². The third kappa shape index (κ3) is 4.05. The maximum atomic E-state index is 11.3. The van der Waals surface area contributed by atoms with Crippen molar-refractivity contribution in [3.05, 3.63) is 65.7 Å². The molecular formula is C18H15NO2. The van der Waals surface area contributed by atoms with Crippen molar-refractivity contribution >= 4 is 17.6 Å². The van der Waals surface area contributed by atoms with E-state index in [1.807, 2.05) is 36.4 Å². The minimum atomic E-state index is -0.278. The smallest absolute Gasteiger partial charge is 0.310 e. The number of hydrogen-bond acceptors (Lipinski definition) is 3. The lowest BCUT2D eigenvalue weighted by molar-refractivity contribution is -0.134. The standard InChI is InChI=1S/C18H15NO2/c1-2-18(20)21-17-10-6-7-14(12-17)11-16(13-19)15-8-4-3-5-9-15/h3-12H,2H2,1H3/b16-11-. The van der Waals surface area contributed by atoms with Crippen LogP contribution in [0.2, 0.25) is 0 Å². The molecule has 0 aliphatic rings. The summed E-state index contributed by atoms with van der Waals surface area (Å²) in [4.78, 5) is 11.3. The Hall–Kier alpha value is -2.86. The van der Waals surface area contributed by atoms with Gasteiger partial charge in [0.15, 0.2) is 0 Å². The fraction of sp³-hybridized carbons (Fsp3) is 0.111. The van der Waals surface area contributed by atoms with Crippen LogP contribution < -0.4 is 4.74 Å². The monoisotopic (exact) mass is 277 g/mol. The van der Waals surface area contributed by atoms with Crippen molar-refractivity contribution < 1.29 is 9.53 Å². The molecule has 3 nitrogen and oxygen atoms in total. The number of nitrogens with zero attached hydrogens (tertiary/aromatic N) is 1. The summed E-state index contributed by atoms with van der Waals surface area (Å²) >= 11 is 0. The van der Waals surface area contributed by atoms with E-state index in [2.05, 4.69) is 6.07 Å². The quantitative estimate of drug-likeness (QED) is 0.366. The molecule has 0 N–H and O–H groups in total. The van der Waals surface area contributed by atoms with Gasteiger partial charge in [-0.25, -0.2) is 0 Å². The van der Waals surface area contributed by atoms with Crippen molar-refractivity contribution in [1.29, 1.82) is 5.26 Å². The number of hydrogen-bond donors (Lipinski definition) is 0. The molecule has 21 heavy (non-hydrogen) atoms. The van der Waals surface area contributed by atoms with Crippen LogP contribution in [0.15, 0.2) is 54.6 Å². The Morgan fingerprint density at radius 2 is 1.95 bits per heavy atom. The minimum Gasteiger partial charge on any atom is -0.427 e. The van der Waals surface area contributed by atoms with Crippen LogP contribution in [-0.2, 0) is 4.79 Å². The van der Waals surface area contributed by atoms with Gasteiger partial charge in [-0.15, -0.1) is 0 Å². The Balaban J connectivity index is 2.29. The van der Waals surface area contributed by atoms with Crippen LogP contribution in [0.25, 0.3) is 11.6 Å². The van der Waals surface area contributed by atoms with Crippen LogP contribution in [-0.4, -0.2) is 5.97 Å². The summed E-state index contributed by atoms with van der Waals surface area (Å²) in [5, 5.41) is 9.29. The van der Waals surface area contributed by atoms with Gasteiger partial charge in [-0.05, 0) is 29.3 Å². The molecule has 3 heteroatoms. The second-order valence-corrected chi connectivity index (χ2v) is 4.44. The second-order valence-electron chi connectivity index (χ2n) is 4.44. The first-order chi connectivity index (χ1) is 10.2. The van der Waals surface area contributed by atoms with Crippen LogP contribution in [0.5, 0.6) is 5.75 Å². The number of benzene rings is 2. The first-order valence-electron chi connectivity index (χ1n) is 6.71. The van der Waals surface area contributed by atoms with Crippen LogP contribution in [0.4, 0.5) is 0 Å². The zero-order valence-corrected chi connectivity index (χ0v) is 11.7. The molecular weight excluding hydrogens is 262 g/mol. The Morgan fingerprint density at radius 3 is 2.62 bits per heavy atom. The average Bonchev–Trinajstić information content (AvgIpc) is 2.53. The summed E-state index contributed by atoms with van der Waals surface area (Å²) in [6.07, 6.45) is 2.10. The molecule has 2 aromatic carbocycles. The number of nitriles is 1. The normalized spacial score (nSPS) is 10.8. The number of rotatable bonds is 4. The summed E-state index contributed by atoms with van der Waals surface area (Å²) in [5.41, 5.74) is 2.24. The largest absolute Gasteiger partial charge is 0.427 e. The highest BCUT2D eigenvalue weighted by molar-refractivity contribution is 5.89. The highest BCUT2D eigenvalue weighted by Crippen LogP contribution is 2.20. The topological polar surface area (TPSA) is 50.1 Å². The third-order valence-corrected chi connectivity index (χ3v) is 2.89. The summed E-state index contributed by atoms with van der Waals surface area (Å²) in [6.45, 7) is 1.75. The summed E-state index contributed by atoms with van der Waals surface area (Å²) in [6, 6.07) is 18.8. The molecule has 0 aliphatic heterocycles. The predicted octanol–water partition coefficient (Wildman–Crippen LogP) is 4.07. The molecule has 2 aromatic rings. The summed E-state index contributed by atoms with van der Waals surface area (Å²) < 4.78 is 5.17. The number of esters is 1. The predicted molar refractivity (Wildman–Crippen MR) is 82.3 cm³/mol. The fourth-order valence-corrected chi connectivity index (χ4v) is 1.84. The SMILES string of the molecule is CCC(=O)Oc1cccc(/C=C(/C#N)c2ccccc2)c1. The maximum absolute atomic E-state index is 11.3. The lowest BCUT2D eigenvalue weighted by Gasteiger charge is -2.04. The van der Waals surface area contributed by atoms with Gasteiger partial charge in [-0.3, -0.25) is 4.79 Å². The minimum absolute atomic E-state index is 0.278. The van der Waals surface area contributed by atoms with Gasteiger partial charge in [0, 0.05) is 6.42 Å². The van der Waals surface area contributed by atoms with Crippen LogP contribution in [0.3, 0.4) is 0 Å². The third-order valence-electron chi connectivity index (χ3n) is 2.89. The van der Waals surface area contributed by atoms with Crippen molar-refractivity contribution in [1.82, 2.24) is 0 Å². The van der Waals surface area contributed by atoms with Gasteiger partial charge < -0.3 is 4.74 Å². The number of carbonyl (C=O) groups excluding carboxylic acids is 1. The van der Waals surface area contributed by atoms with Gasteiger partial charge in [0.05, 0.1) is 11.6 Å². The van der Waals surface area contributed by atoms with E-state index in [9.17, 15) is 10.1 Å². The molecule has 0 aliphatic carbocycles. The highest BCUT2D eigenvalue weighted by Gasteiger charge is 2.03. The van der Waals surface area contributed by atoms with Gasteiger partial charge in [0.1, 0.15) is 5.75 Å². The van der Waals surface area contributed by atoms with Gasteiger partial charge >= 0.3 is 5.97 Å². The molecule has 0 saturated heterocycles. The first kappa shape index (κ1) is 14.5. The van der Waals surface area contributed by atoms with E-state index < -0.39 is 0 Å². The summed E-state index contributed by atoms with van der Waals surface area (Å²) in [7, 11) is 0. The van der Waals surface area contributed by atoms with E-state index in [1.165, 1.54) is 0 Å². The van der Waals surface area contributed by atoms with E-state index in [-0.39, 0.29) is 5.97 Å². The fourth-order valence-electron chi connectivity index (χ4n) is 1.84. The Morgan fingerprint density at radius 1 is 1.19 bits per heavy atom. The molecule has 0 radical (unpaired) electrons. The number of allylic oxidation sites excluding steroid dienone is 1. The van der Waals surface area contributed by atoms with Crippen molar-refractivity contribution in [2.75, 3.05) is 0 Å². The Bertz CT molecular complexity index is 697. The van der Waals surface area contributed by atoms with E-state index in [0.717, 1.165) is 11.1 Å². The van der Waals surface area contributed by atoms with Crippen molar-refractivity contribution in [2.45, 2.75) is 13.3 Å². The van der Waals surface area contributed by atoms with E-state index in [1.54, 1.807) is 31.2 Å². The van der Waals surface area contributed by atoms with E-state index >= 15 is 0 Å². The molecule has 0 fully saturated rings. The molecule has 0 aromatic heterocycles. The van der Waals surface area contributed by atoms with E-state index in [0.29, 0.717) is 17.7 Å². The highest BCUT2D eigenvalue weighted by atomic mass is 16.5. The van der Waals surface area contributed by atoms with E-state index in [4.69, 9.17) is 4.74 Å². The molecule has 0 bridgehead atoms. The zero-order chi connectivity index (χ0) is 15.1. The first-order valence-corrected chi connectivity index (χ1v) is 6.71. The Kier molecular flexibility index (Phi) is 4.89. The molecule has 2 rings (SSSR count).